The molecule has 8 heteroatoms. The van der Waals surface area contributed by atoms with Crippen LogP contribution in [0.5, 0.6) is 0 Å². The maximum absolute atomic E-state index is 14.0. The number of fused-ring (bicyclic) bond motifs is 3. The SMILES string of the molecule is CC(=O)OCC(=O)[C@@]1(OC(=O)c2ccco2)[C@H](C)C[C@H]2[C@@H]3CCC4=CC(=O)C=C[C@]4(C)[C@@]34O[C@H]4C[C@@]21C. The Morgan fingerprint density at radius 1 is 1.19 bits per heavy atom. The number of rotatable bonds is 5. The molecular weight excluding hydrogens is 476 g/mol. The van der Waals surface area contributed by atoms with Crippen LogP contribution in [0, 0.1) is 28.6 Å². The topological polar surface area (TPSA) is 112 Å². The Labute approximate surface area is 215 Å². The molecule has 8 atom stereocenters. The van der Waals surface area contributed by atoms with Crippen molar-refractivity contribution in [1.29, 1.82) is 0 Å². The van der Waals surface area contributed by atoms with Crippen molar-refractivity contribution in [3.05, 3.63) is 48.0 Å². The van der Waals surface area contributed by atoms with Crippen LogP contribution in [-0.4, -0.2) is 47.4 Å². The summed E-state index contributed by atoms with van der Waals surface area (Å²) in [6.45, 7) is 6.91. The van der Waals surface area contributed by atoms with E-state index in [0.29, 0.717) is 12.8 Å². The van der Waals surface area contributed by atoms with Gasteiger partial charge in [-0.25, -0.2) is 4.79 Å². The zero-order chi connectivity index (χ0) is 26.4. The van der Waals surface area contributed by atoms with E-state index < -0.39 is 46.4 Å². The van der Waals surface area contributed by atoms with Gasteiger partial charge in [-0.05, 0) is 68.7 Å². The lowest BCUT2D eigenvalue weighted by Crippen LogP contribution is -2.63. The minimum absolute atomic E-state index is 0.00887. The van der Waals surface area contributed by atoms with E-state index in [2.05, 4.69) is 6.92 Å². The van der Waals surface area contributed by atoms with Crippen molar-refractivity contribution in [2.75, 3.05) is 6.61 Å². The van der Waals surface area contributed by atoms with Crippen molar-refractivity contribution in [2.45, 2.75) is 70.7 Å². The van der Waals surface area contributed by atoms with Gasteiger partial charge in [-0.1, -0.05) is 25.5 Å². The predicted octanol–water partition coefficient (Wildman–Crippen LogP) is 3.99. The first-order valence-corrected chi connectivity index (χ1v) is 13.0. The molecule has 4 fully saturated rings. The average molecular weight is 509 g/mol. The van der Waals surface area contributed by atoms with Gasteiger partial charge in [-0.3, -0.25) is 14.4 Å². The second-order valence-electron chi connectivity index (χ2n) is 11.8. The summed E-state index contributed by atoms with van der Waals surface area (Å²) in [5, 5.41) is 0. The molecule has 0 amide bonds. The highest BCUT2D eigenvalue weighted by atomic mass is 16.6. The van der Waals surface area contributed by atoms with Crippen LogP contribution in [0.4, 0.5) is 0 Å². The molecule has 1 aliphatic heterocycles. The third kappa shape index (κ3) is 2.99. The molecule has 1 spiro atoms. The maximum Gasteiger partial charge on any atom is 0.375 e. The van der Waals surface area contributed by atoms with Gasteiger partial charge in [0.05, 0.1) is 12.4 Å². The van der Waals surface area contributed by atoms with Gasteiger partial charge in [0.25, 0.3) is 0 Å². The van der Waals surface area contributed by atoms with E-state index in [1.54, 1.807) is 18.2 Å². The van der Waals surface area contributed by atoms with E-state index >= 15 is 0 Å². The molecule has 0 radical (unpaired) electrons. The highest BCUT2D eigenvalue weighted by Crippen LogP contribution is 2.77. The van der Waals surface area contributed by atoms with E-state index in [9.17, 15) is 19.2 Å². The number of esters is 2. The molecule has 0 aromatic carbocycles. The largest absolute Gasteiger partial charge is 0.458 e. The van der Waals surface area contributed by atoms with E-state index in [1.807, 2.05) is 19.9 Å². The predicted molar refractivity (Wildman–Crippen MR) is 129 cm³/mol. The van der Waals surface area contributed by atoms with Gasteiger partial charge < -0.3 is 18.6 Å². The molecule has 5 aliphatic rings. The zero-order valence-electron chi connectivity index (χ0n) is 21.6. The Hall–Kier alpha value is -3.00. The summed E-state index contributed by atoms with van der Waals surface area (Å²) < 4.78 is 23.3. The van der Waals surface area contributed by atoms with Gasteiger partial charge in [-0.15, -0.1) is 0 Å². The van der Waals surface area contributed by atoms with Crippen molar-refractivity contribution in [3.63, 3.8) is 0 Å². The van der Waals surface area contributed by atoms with Crippen molar-refractivity contribution in [2.24, 2.45) is 28.6 Å². The monoisotopic (exact) mass is 508 g/mol. The minimum Gasteiger partial charge on any atom is -0.458 e. The van der Waals surface area contributed by atoms with Crippen molar-refractivity contribution in [1.82, 2.24) is 0 Å². The summed E-state index contributed by atoms with van der Waals surface area (Å²) in [4.78, 5) is 51.0. The summed E-state index contributed by atoms with van der Waals surface area (Å²) in [7, 11) is 0. The minimum atomic E-state index is -1.51. The van der Waals surface area contributed by atoms with Gasteiger partial charge in [0.2, 0.25) is 11.5 Å². The second kappa shape index (κ2) is 7.76. The van der Waals surface area contributed by atoms with Crippen molar-refractivity contribution in [3.8, 4) is 0 Å². The van der Waals surface area contributed by atoms with E-state index in [4.69, 9.17) is 18.6 Å². The molecule has 3 saturated carbocycles. The number of hydrogen-bond donors (Lipinski definition) is 0. The summed E-state index contributed by atoms with van der Waals surface area (Å²) in [6.07, 6.45) is 9.41. The molecule has 37 heavy (non-hydrogen) atoms. The summed E-state index contributed by atoms with van der Waals surface area (Å²) >= 11 is 0. The lowest BCUT2D eigenvalue weighted by molar-refractivity contribution is -0.172. The molecular formula is C29H32O8. The van der Waals surface area contributed by atoms with Crippen LogP contribution in [-0.2, 0) is 28.6 Å². The molecule has 1 aromatic heterocycles. The van der Waals surface area contributed by atoms with Crippen LogP contribution in [0.2, 0.25) is 0 Å². The first kappa shape index (κ1) is 24.3. The number of hydrogen-bond acceptors (Lipinski definition) is 8. The van der Waals surface area contributed by atoms with Gasteiger partial charge in [-0.2, -0.15) is 0 Å². The highest BCUT2D eigenvalue weighted by Gasteiger charge is 2.83. The molecule has 8 nitrogen and oxygen atoms in total. The van der Waals surface area contributed by atoms with Crippen molar-refractivity contribution < 1.29 is 37.8 Å². The van der Waals surface area contributed by atoms with Gasteiger partial charge in [0.1, 0.15) is 5.60 Å². The van der Waals surface area contributed by atoms with E-state index in [1.165, 1.54) is 19.3 Å². The van der Waals surface area contributed by atoms with E-state index in [-0.39, 0.29) is 35.4 Å². The molecule has 0 bridgehead atoms. The standard InChI is InChI=1S/C29H32O8/c1-16-12-21-20-8-7-18-13-19(31)9-10-26(18,3)29(20)24(36-29)14-27(21,4)28(16,23(32)15-35-17(2)30)37-25(33)22-6-5-11-34-22/h5-6,9-11,13,16,20-21,24H,7-8,12,14-15H2,1-4H3/t16-,20+,21+,24+,26+,27+,28+,29-/m1/s1. The van der Waals surface area contributed by atoms with Crippen LogP contribution < -0.4 is 0 Å². The number of furan rings is 1. The third-order valence-electron chi connectivity index (χ3n) is 10.3. The molecule has 4 aliphatic carbocycles. The number of ketones is 2. The normalized spacial score (nSPS) is 43.0. The Kier molecular flexibility index (Phi) is 5.10. The zero-order valence-corrected chi connectivity index (χ0v) is 21.6. The highest BCUT2D eigenvalue weighted by molar-refractivity contribution is 6.01. The number of ether oxygens (including phenoxy) is 3. The number of Topliss-reactive ketones (excluding diaryl/α,β-unsaturated/α-hetero) is 1. The Morgan fingerprint density at radius 2 is 1.97 bits per heavy atom. The summed E-state index contributed by atoms with van der Waals surface area (Å²) in [5.41, 5.74) is -1.98. The fourth-order valence-corrected chi connectivity index (χ4v) is 8.70. The number of allylic oxidation sites excluding steroid dienone is 2. The first-order valence-electron chi connectivity index (χ1n) is 13.0. The molecule has 2 heterocycles. The third-order valence-corrected chi connectivity index (χ3v) is 10.3. The molecule has 196 valence electrons. The first-order chi connectivity index (χ1) is 17.5. The number of carbonyl (C=O) groups is 4. The van der Waals surface area contributed by atoms with Crippen LogP contribution in [0.25, 0.3) is 0 Å². The van der Waals surface area contributed by atoms with Crippen LogP contribution in [0.3, 0.4) is 0 Å². The van der Waals surface area contributed by atoms with Crippen LogP contribution in [0.15, 0.2) is 46.6 Å². The molecule has 6 rings (SSSR count). The number of epoxide rings is 1. The fraction of sp³-hybridized carbons (Fsp3) is 0.586. The van der Waals surface area contributed by atoms with Crippen molar-refractivity contribution >= 4 is 23.5 Å². The Bertz CT molecular complexity index is 1260. The molecule has 1 aromatic rings. The van der Waals surface area contributed by atoms with Crippen LogP contribution >= 0.6 is 0 Å². The van der Waals surface area contributed by atoms with Crippen LogP contribution in [0.1, 0.15) is 63.9 Å². The quantitative estimate of drug-likeness (QED) is 0.433. The maximum atomic E-state index is 14.0. The lowest BCUT2D eigenvalue weighted by atomic mass is 9.46. The van der Waals surface area contributed by atoms with Gasteiger partial charge >= 0.3 is 11.9 Å². The lowest BCUT2D eigenvalue weighted by Gasteiger charge is -2.56. The smallest absolute Gasteiger partial charge is 0.375 e. The van der Waals surface area contributed by atoms with E-state index in [0.717, 1.165) is 18.4 Å². The molecule has 1 saturated heterocycles. The molecule has 0 unspecified atom stereocenters. The van der Waals surface area contributed by atoms with Gasteiger partial charge in [0.15, 0.2) is 18.0 Å². The number of carbonyl (C=O) groups excluding carboxylic acids is 4. The Balaban J connectivity index is 1.42. The average Bonchev–Trinajstić information content (AvgIpc) is 3.21. The molecule has 0 N–H and O–H groups in total. The summed E-state index contributed by atoms with van der Waals surface area (Å²) in [6, 6.07) is 3.10. The van der Waals surface area contributed by atoms with Gasteiger partial charge in [0, 0.05) is 23.7 Å². The second-order valence-corrected chi connectivity index (χ2v) is 11.8. The summed E-state index contributed by atoms with van der Waals surface area (Å²) in [5.74, 6) is -1.84. The fourth-order valence-electron chi connectivity index (χ4n) is 8.70. The Morgan fingerprint density at radius 3 is 2.68 bits per heavy atom.